The summed E-state index contributed by atoms with van der Waals surface area (Å²) < 4.78 is 7.27. The van der Waals surface area contributed by atoms with Gasteiger partial charge in [0.15, 0.2) is 0 Å². The molecule has 1 heterocycles. The lowest BCUT2D eigenvalue weighted by atomic mass is 10.1. The highest BCUT2D eigenvalue weighted by atomic mass is 16.5. The first kappa shape index (κ1) is 22.3. The van der Waals surface area contributed by atoms with Gasteiger partial charge in [-0.1, -0.05) is 42.5 Å². The molecular formula is C27H27N3O3. The Kier molecular flexibility index (Phi) is 6.54. The van der Waals surface area contributed by atoms with Crippen LogP contribution in [0.25, 0.3) is 22.4 Å². The van der Waals surface area contributed by atoms with Crippen molar-refractivity contribution in [3.05, 3.63) is 89.5 Å². The number of nitrogens with one attached hydrogen (secondary N) is 1. The van der Waals surface area contributed by atoms with E-state index >= 15 is 0 Å². The molecule has 0 spiro atoms. The molecule has 0 saturated heterocycles. The number of benzene rings is 3. The molecule has 0 unspecified atom stereocenters. The van der Waals surface area contributed by atoms with Gasteiger partial charge in [0, 0.05) is 23.7 Å². The minimum atomic E-state index is -0.362. The standard InChI is InChI=1S/C27H27N3O3/c1-4-33-27(32)22-14-15-24-23(16-22)29-25(30(24)17-19-8-6-5-7-9-19)20-10-12-21(13-11-20)26(31)28-18(2)3/h5-16,18H,4,17H2,1-3H3,(H,28,31). The molecule has 4 rings (SSSR count). The zero-order valence-corrected chi connectivity index (χ0v) is 19.0. The third-order valence-electron chi connectivity index (χ3n) is 5.27. The zero-order chi connectivity index (χ0) is 23.4. The van der Waals surface area contributed by atoms with Gasteiger partial charge in [-0.2, -0.15) is 0 Å². The molecule has 0 radical (unpaired) electrons. The van der Waals surface area contributed by atoms with Crippen LogP contribution in [0, 0.1) is 0 Å². The van der Waals surface area contributed by atoms with Crippen molar-refractivity contribution in [2.45, 2.75) is 33.4 Å². The summed E-state index contributed by atoms with van der Waals surface area (Å²) in [6.45, 7) is 6.60. The fourth-order valence-electron chi connectivity index (χ4n) is 3.73. The van der Waals surface area contributed by atoms with Gasteiger partial charge in [-0.25, -0.2) is 9.78 Å². The molecule has 0 aliphatic carbocycles. The Bertz CT molecular complexity index is 1280. The first-order valence-electron chi connectivity index (χ1n) is 11.1. The Morgan fingerprint density at radius 1 is 0.970 bits per heavy atom. The fourth-order valence-corrected chi connectivity index (χ4v) is 3.73. The van der Waals surface area contributed by atoms with Gasteiger partial charge in [0.25, 0.3) is 5.91 Å². The van der Waals surface area contributed by atoms with Crippen LogP contribution in [0.4, 0.5) is 0 Å². The number of nitrogens with zero attached hydrogens (tertiary/aromatic N) is 2. The van der Waals surface area contributed by atoms with Gasteiger partial charge < -0.3 is 14.6 Å². The van der Waals surface area contributed by atoms with E-state index in [1.807, 2.05) is 62.4 Å². The summed E-state index contributed by atoms with van der Waals surface area (Å²) in [6, 6.07) is 23.1. The number of amides is 1. The monoisotopic (exact) mass is 441 g/mol. The topological polar surface area (TPSA) is 73.2 Å². The van der Waals surface area contributed by atoms with Crippen molar-refractivity contribution in [1.29, 1.82) is 0 Å². The van der Waals surface area contributed by atoms with E-state index in [9.17, 15) is 9.59 Å². The predicted octanol–water partition coefficient (Wildman–Crippen LogP) is 5.07. The first-order chi connectivity index (χ1) is 16.0. The van der Waals surface area contributed by atoms with Gasteiger partial charge in [0.1, 0.15) is 5.82 Å². The highest BCUT2D eigenvalue weighted by Crippen LogP contribution is 2.27. The molecule has 168 valence electrons. The molecule has 1 N–H and O–H groups in total. The van der Waals surface area contributed by atoms with E-state index in [1.165, 1.54) is 0 Å². The van der Waals surface area contributed by atoms with Crippen LogP contribution in [0.3, 0.4) is 0 Å². The largest absolute Gasteiger partial charge is 0.462 e. The molecule has 4 aromatic rings. The lowest BCUT2D eigenvalue weighted by molar-refractivity contribution is 0.0526. The van der Waals surface area contributed by atoms with Crippen molar-refractivity contribution >= 4 is 22.9 Å². The summed E-state index contributed by atoms with van der Waals surface area (Å²) in [7, 11) is 0. The van der Waals surface area contributed by atoms with Crippen LogP contribution in [0.15, 0.2) is 72.8 Å². The molecule has 1 amide bonds. The SMILES string of the molecule is CCOC(=O)c1ccc2c(c1)nc(-c1ccc(C(=O)NC(C)C)cc1)n2Cc1ccccc1. The van der Waals surface area contributed by atoms with Gasteiger partial charge in [-0.05, 0) is 56.7 Å². The highest BCUT2D eigenvalue weighted by molar-refractivity contribution is 5.96. The first-order valence-corrected chi connectivity index (χ1v) is 11.1. The van der Waals surface area contributed by atoms with Crippen LogP contribution in [0.2, 0.25) is 0 Å². The number of carbonyl (C=O) groups excluding carboxylic acids is 2. The number of fused-ring (bicyclic) bond motifs is 1. The van der Waals surface area contributed by atoms with Gasteiger partial charge in [0.05, 0.1) is 23.2 Å². The van der Waals surface area contributed by atoms with Gasteiger partial charge >= 0.3 is 5.97 Å². The Hall–Kier alpha value is -3.93. The number of rotatable bonds is 7. The maximum Gasteiger partial charge on any atom is 0.338 e. The molecule has 1 aromatic heterocycles. The molecule has 0 saturated carbocycles. The van der Waals surface area contributed by atoms with E-state index in [-0.39, 0.29) is 17.9 Å². The van der Waals surface area contributed by atoms with Crippen LogP contribution in [0.5, 0.6) is 0 Å². The lowest BCUT2D eigenvalue weighted by Crippen LogP contribution is -2.29. The Labute approximate surface area is 193 Å². The molecule has 0 fully saturated rings. The second-order valence-electron chi connectivity index (χ2n) is 8.14. The van der Waals surface area contributed by atoms with E-state index in [0.717, 1.165) is 22.5 Å². The summed E-state index contributed by atoms with van der Waals surface area (Å²) in [4.78, 5) is 29.4. The van der Waals surface area contributed by atoms with Crippen molar-refractivity contribution in [2.24, 2.45) is 0 Å². The van der Waals surface area contributed by atoms with Crippen molar-refractivity contribution < 1.29 is 14.3 Å². The highest BCUT2D eigenvalue weighted by Gasteiger charge is 2.16. The van der Waals surface area contributed by atoms with E-state index in [2.05, 4.69) is 22.0 Å². The number of aromatic nitrogens is 2. The molecule has 0 aliphatic heterocycles. The summed E-state index contributed by atoms with van der Waals surface area (Å²) in [5.74, 6) is 0.304. The number of hydrogen-bond donors (Lipinski definition) is 1. The minimum Gasteiger partial charge on any atom is -0.462 e. The summed E-state index contributed by atoms with van der Waals surface area (Å²) >= 11 is 0. The molecule has 3 aromatic carbocycles. The molecule has 33 heavy (non-hydrogen) atoms. The van der Waals surface area contributed by atoms with Crippen molar-refractivity contribution in [3.8, 4) is 11.4 Å². The average Bonchev–Trinajstić information content (AvgIpc) is 3.17. The van der Waals surface area contributed by atoms with Crippen LogP contribution >= 0.6 is 0 Å². The minimum absolute atomic E-state index is 0.0702. The van der Waals surface area contributed by atoms with E-state index in [1.54, 1.807) is 19.1 Å². The smallest absolute Gasteiger partial charge is 0.338 e. The van der Waals surface area contributed by atoms with E-state index in [4.69, 9.17) is 9.72 Å². The van der Waals surface area contributed by atoms with Crippen molar-refractivity contribution in [2.75, 3.05) is 6.61 Å². The van der Waals surface area contributed by atoms with Crippen molar-refractivity contribution in [3.63, 3.8) is 0 Å². The normalized spacial score (nSPS) is 11.0. The number of ether oxygens (including phenoxy) is 1. The second-order valence-corrected chi connectivity index (χ2v) is 8.14. The maximum atomic E-state index is 12.3. The number of hydrogen-bond acceptors (Lipinski definition) is 4. The third kappa shape index (κ3) is 4.95. The predicted molar refractivity (Wildman–Crippen MR) is 129 cm³/mol. The Balaban J connectivity index is 1.77. The quantitative estimate of drug-likeness (QED) is 0.407. The van der Waals surface area contributed by atoms with Gasteiger partial charge in [0.2, 0.25) is 0 Å². The molecular weight excluding hydrogens is 414 g/mol. The molecule has 0 atom stereocenters. The number of imidazole rings is 1. The average molecular weight is 442 g/mol. The lowest BCUT2D eigenvalue weighted by Gasteiger charge is -2.11. The van der Waals surface area contributed by atoms with Crippen LogP contribution in [-0.4, -0.2) is 34.1 Å². The Morgan fingerprint density at radius 2 is 1.67 bits per heavy atom. The fraction of sp³-hybridized carbons (Fsp3) is 0.222. The summed E-state index contributed by atoms with van der Waals surface area (Å²) in [5.41, 5.74) is 4.74. The van der Waals surface area contributed by atoms with E-state index in [0.29, 0.717) is 29.8 Å². The van der Waals surface area contributed by atoms with Crippen LogP contribution < -0.4 is 5.32 Å². The molecule has 0 aliphatic rings. The summed E-state index contributed by atoms with van der Waals surface area (Å²) in [5, 5.41) is 2.91. The number of esters is 1. The zero-order valence-electron chi connectivity index (χ0n) is 19.0. The molecule has 0 bridgehead atoms. The third-order valence-corrected chi connectivity index (χ3v) is 5.27. The van der Waals surface area contributed by atoms with E-state index < -0.39 is 0 Å². The molecule has 6 nitrogen and oxygen atoms in total. The second kappa shape index (κ2) is 9.69. The van der Waals surface area contributed by atoms with Gasteiger partial charge in [-0.15, -0.1) is 0 Å². The van der Waals surface area contributed by atoms with Gasteiger partial charge in [-0.3, -0.25) is 4.79 Å². The Morgan fingerprint density at radius 3 is 2.33 bits per heavy atom. The summed E-state index contributed by atoms with van der Waals surface area (Å²) in [6.07, 6.45) is 0. The van der Waals surface area contributed by atoms with Crippen LogP contribution in [-0.2, 0) is 11.3 Å². The maximum absolute atomic E-state index is 12.3. The molecule has 6 heteroatoms. The number of carbonyl (C=O) groups is 2. The van der Waals surface area contributed by atoms with Crippen molar-refractivity contribution in [1.82, 2.24) is 14.9 Å². The van der Waals surface area contributed by atoms with Crippen LogP contribution in [0.1, 0.15) is 47.1 Å².